The molecular formula is C24H31NO5. The minimum absolute atomic E-state index is 0.0955. The van der Waals surface area contributed by atoms with E-state index in [-0.39, 0.29) is 12.0 Å². The molecule has 2 aromatic carbocycles. The van der Waals surface area contributed by atoms with Gasteiger partial charge >= 0.3 is 5.97 Å². The third-order valence-corrected chi connectivity index (χ3v) is 5.72. The van der Waals surface area contributed by atoms with Gasteiger partial charge in [0, 0.05) is 12.6 Å². The second-order valence-corrected chi connectivity index (χ2v) is 7.63. The van der Waals surface area contributed by atoms with Crippen LogP contribution in [0, 0.1) is 5.92 Å². The molecule has 0 radical (unpaired) electrons. The molecule has 0 saturated carbocycles. The molecule has 2 atom stereocenters. The lowest BCUT2D eigenvalue weighted by atomic mass is 9.93. The number of carboxylic acids is 1. The van der Waals surface area contributed by atoms with Crippen molar-refractivity contribution in [3.05, 3.63) is 53.6 Å². The molecule has 0 aromatic heterocycles. The summed E-state index contributed by atoms with van der Waals surface area (Å²) in [6.07, 6.45) is 2.49. The molecule has 0 amide bonds. The van der Waals surface area contributed by atoms with Crippen LogP contribution in [0.1, 0.15) is 43.4 Å². The van der Waals surface area contributed by atoms with Crippen LogP contribution in [0.3, 0.4) is 0 Å². The van der Waals surface area contributed by atoms with E-state index in [0.717, 1.165) is 36.9 Å². The fraction of sp³-hybridized carbons (Fsp3) is 0.458. The molecule has 0 aliphatic carbocycles. The monoisotopic (exact) mass is 413 g/mol. The van der Waals surface area contributed by atoms with Gasteiger partial charge in [-0.1, -0.05) is 37.3 Å². The molecule has 1 N–H and O–H groups in total. The molecule has 162 valence electrons. The van der Waals surface area contributed by atoms with Crippen LogP contribution in [-0.4, -0.2) is 43.3 Å². The Balaban J connectivity index is 1.86. The minimum atomic E-state index is -0.714. The highest BCUT2D eigenvalue weighted by Gasteiger charge is 2.30. The summed E-state index contributed by atoms with van der Waals surface area (Å²) >= 11 is 0. The van der Waals surface area contributed by atoms with Crippen LogP contribution in [0.2, 0.25) is 0 Å². The number of hydrogen-bond acceptors (Lipinski definition) is 5. The molecule has 30 heavy (non-hydrogen) atoms. The van der Waals surface area contributed by atoms with Crippen LogP contribution in [0.25, 0.3) is 0 Å². The molecular weight excluding hydrogens is 382 g/mol. The Labute approximate surface area is 178 Å². The fourth-order valence-corrected chi connectivity index (χ4v) is 4.16. The Bertz CT molecular complexity index is 814. The van der Waals surface area contributed by atoms with E-state index in [2.05, 4.69) is 11.8 Å². The van der Waals surface area contributed by atoms with Crippen molar-refractivity contribution in [2.75, 3.05) is 27.3 Å². The van der Waals surface area contributed by atoms with Crippen molar-refractivity contribution in [2.24, 2.45) is 5.92 Å². The molecule has 2 unspecified atom stereocenters. The Kier molecular flexibility index (Phi) is 7.57. The zero-order valence-electron chi connectivity index (χ0n) is 18.0. The SMILES string of the molecule is CCC(c1cc(OC)c(OCc2ccccc2)c(OC)c1)N1CCCC(C(=O)O)C1. The molecule has 0 spiro atoms. The summed E-state index contributed by atoms with van der Waals surface area (Å²) in [5, 5.41) is 9.45. The van der Waals surface area contributed by atoms with E-state index >= 15 is 0 Å². The molecule has 1 aliphatic rings. The van der Waals surface area contributed by atoms with E-state index in [9.17, 15) is 9.90 Å². The fourth-order valence-electron chi connectivity index (χ4n) is 4.16. The van der Waals surface area contributed by atoms with Gasteiger partial charge in [-0.2, -0.15) is 0 Å². The summed E-state index contributed by atoms with van der Waals surface area (Å²) in [7, 11) is 3.24. The van der Waals surface area contributed by atoms with E-state index in [1.807, 2.05) is 42.5 Å². The molecule has 1 aliphatic heterocycles. The Morgan fingerprint density at radius 3 is 2.40 bits per heavy atom. The maximum absolute atomic E-state index is 11.5. The van der Waals surface area contributed by atoms with Gasteiger partial charge in [0.15, 0.2) is 11.5 Å². The predicted molar refractivity (Wildman–Crippen MR) is 115 cm³/mol. The lowest BCUT2D eigenvalue weighted by molar-refractivity contribution is -0.144. The predicted octanol–water partition coefficient (Wildman–Crippen LogP) is 4.53. The number of carboxylic acid groups (broad SMARTS) is 1. The van der Waals surface area contributed by atoms with Gasteiger partial charge in [0.2, 0.25) is 5.75 Å². The van der Waals surface area contributed by atoms with Crippen molar-refractivity contribution in [1.29, 1.82) is 0 Å². The lowest BCUT2D eigenvalue weighted by Crippen LogP contribution is -2.40. The van der Waals surface area contributed by atoms with Crippen molar-refractivity contribution < 1.29 is 24.1 Å². The Hall–Kier alpha value is -2.73. The summed E-state index contributed by atoms with van der Waals surface area (Å²) in [6, 6.07) is 14.0. The normalized spacial score (nSPS) is 17.9. The van der Waals surface area contributed by atoms with Crippen LogP contribution in [0.5, 0.6) is 17.2 Å². The molecule has 6 heteroatoms. The second-order valence-electron chi connectivity index (χ2n) is 7.63. The number of aliphatic carboxylic acids is 1. The third-order valence-electron chi connectivity index (χ3n) is 5.72. The van der Waals surface area contributed by atoms with Gasteiger partial charge in [-0.3, -0.25) is 9.69 Å². The number of ether oxygens (including phenoxy) is 3. The summed E-state index contributed by atoms with van der Waals surface area (Å²) in [4.78, 5) is 13.8. The number of likely N-dealkylation sites (tertiary alicyclic amines) is 1. The first-order chi connectivity index (χ1) is 14.6. The first kappa shape index (κ1) is 22.0. The van der Waals surface area contributed by atoms with Crippen LogP contribution < -0.4 is 14.2 Å². The highest BCUT2D eigenvalue weighted by atomic mass is 16.5. The lowest BCUT2D eigenvalue weighted by Gasteiger charge is -2.37. The highest BCUT2D eigenvalue weighted by molar-refractivity contribution is 5.70. The summed E-state index contributed by atoms with van der Waals surface area (Å²) in [6.45, 7) is 3.98. The highest BCUT2D eigenvalue weighted by Crippen LogP contribution is 2.42. The van der Waals surface area contributed by atoms with Gasteiger partial charge in [-0.25, -0.2) is 0 Å². The van der Waals surface area contributed by atoms with Crippen LogP contribution in [0.15, 0.2) is 42.5 Å². The second kappa shape index (κ2) is 10.3. The largest absolute Gasteiger partial charge is 0.493 e. The van der Waals surface area contributed by atoms with Gasteiger partial charge in [0.05, 0.1) is 20.1 Å². The van der Waals surface area contributed by atoms with E-state index in [4.69, 9.17) is 14.2 Å². The standard InChI is InChI=1S/C24H31NO5/c1-4-20(25-12-8-11-18(15-25)24(26)27)19-13-21(28-2)23(22(14-19)29-3)30-16-17-9-6-5-7-10-17/h5-7,9-10,13-14,18,20H,4,8,11-12,15-16H2,1-3H3,(H,26,27). The number of benzene rings is 2. The van der Waals surface area contributed by atoms with E-state index in [1.54, 1.807) is 14.2 Å². The number of carbonyl (C=O) groups is 1. The van der Waals surface area contributed by atoms with Gasteiger partial charge in [-0.15, -0.1) is 0 Å². The van der Waals surface area contributed by atoms with E-state index < -0.39 is 5.97 Å². The zero-order chi connectivity index (χ0) is 21.5. The molecule has 0 bridgehead atoms. The molecule has 1 saturated heterocycles. The summed E-state index contributed by atoms with van der Waals surface area (Å²) in [5.41, 5.74) is 2.11. The van der Waals surface area contributed by atoms with Crippen LogP contribution >= 0.6 is 0 Å². The summed E-state index contributed by atoms with van der Waals surface area (Å²) < 4.78 is 17.3. The number of methoxy groups -OCH3 is 2. The van der Waals surface area contributed by atoms with Crippen LogP contribution in [0.4, 0.5) is 0 Å². The van der Waals surface area contributed by atoms with Crippen molar-refractivity contribution in [3.63, 3.8) is 0 Å². The Morgan fingerprint density at radius 2 is 1.83 bits per heavy atom. The van der Waals surface area contributed by atoms with Gasteiger partial charge in [0.25, 0.3) is 0 Å². The maximum atomic E-state index is 11.5. The number of nitrogens with zero attached hydrogens (tertiary/aromatic N) is 1. The molecule has 3 rings (SSSR count). The zero-order valence-corrected chi connectivity index (χ0v) is 18.0. The average Bonchev–Trinajstić information content (AvgIpc) is 2.78. The van der Waals surface area contributed by atoms with Crippen molar-refractivity contribution >= 4 is 5.97 Å². The third kappa shape index (κ3) is 5.05. The number of rotatable bonds is 9. The number of hydrogen-bond donors (Lipinski definition) is 1. The summed E-state index contributed by atoms with van der Waals surface area (Å²) in [5.74, 6) is 0.778. The number of piperidine rings is 1. The first-order valence-electron chi connectivity index (χ1n) is 10.5. The Morgan fingerprint density at radius 1 is 1.17 bits per heavy atom. The van der Waals surface area contributed by atoms with Gasteiger partial charge in [-0.05, 0) is 49.1 Å². The molecule has 6 nitrogen and oxygen atoms in total. The smallest absolute Gasteiger partial charge is 0.307 e. The van der Waals surface area contributed by atoms with E-state index in [1.165, 1.54) is 0 Å². The maximum Gasteiger partial charge on any atom is 0.307 e. The first-order valence-corrected chi connectivity index (χ1v) is 10.5. The molecule has 2 aromatic rings. The van der Waals surface area contributed by atoms with Crippen molar-refractivity contribution in [3.8, 4) is 17.2 Å². The molecule has 1 heterocycles. The quantitative estimate of drug-likeness (QED) is 0.651. The van der Waals surface area contributed by atoms with Gasteiger partial charge < -0.3 is 19.3 Å². The van der Waals surface area contributed by atoms with Crippen molar-refractivity contribution in [2.45, 2.75) is 38.8 Å². The van der Waals surface area contributed by atoms with Crippen LogP contribution in [-0.2, 0) is 11.4 Å². The van der Waals surface area contributed by atoms with Crippen molar-refractivity contribution in [1.82, 2.24) is 4.90 Å². The van der Waals surface area contributed by atoms with E-state index in [0.29, 0.717) is 30.4 Å². The minimum Gasteiger partial charge on any atom is -0.493 e. The molecule has 1 fully saturated rings. The topological polar surface area (TPSA) is 68.2 Å². The van der Waals surface area contributed by atoms with Gasteiger partial charge in [0.1, 0.15) is 6.61 Å². The average molecular weight is 414 g/mol.